The SMILES string of the molecule is CCN(Cc1ccccc1)Cc1cccc(-c2ccc(C=O)o2)c1. The Hall–Kier alpha value is -2.65. The lowest BCUT2D eigenvalue weighted by molar-refractivity contribution is 0.110. The molecule has 3 heteroatoms. The van der Waals surface area contributed by atoms with Gasteiger partial charge in [-0.1, -0.05) is 55.5 Å². The Morgan fingerprint density at radius 2 is 1.67 bits per heavy atom. The molecule has 3 nitrogen and oxygen atoms in total. The van der Waals surface area contributed by atoms with E-state index in [9.17, 15) is 4.79 Å². The average molecular weight is 319 g/mol. The van der Waals surface area contributed by atoms with E-state index in [0.29, 0.717) is 5.76 Å². The number of aldehydes is 1. The van der Waals surface area contributed by atoms with Crippen LogP contribution in [0.4, 0.5) is 0 Å². The fourth-order valence-corrected chi connectivity index (χ4v) is 2.77. The van der Waals surface area contributed by atoms with E-state index in [1.165, 1.54) is 11.1 Å². The number of carbonyl (C=O) groups excluding carboxylic acids is 1. The van der Waals surface area contributed by atoms with Gasteiger partial charge in [0.15, 0.2) is 12.0 Å². The van der Waals surface area contributed by atoms with Gasteiger partial charge in [-0.15, -0.1) is 0 Å². The van der Waals surface area contributed by atoms with Crippen molar-refractivity contribution in [1.82, 2.24) is 4.90 Å². The molecule has 24 heavy (non-hydrogen) atoms. The van der Waals surface area contributed by atoms with Gasteiger partial charge in [-0.05, 0) is 35.9 Å². The van der Waals surface area contributed by atoms with Crippen molar-refractivity contribution in [1.29, 1.82) is 0 Å². The van der Waals surface area contributed by atoms with E-state index in [0.717, 1.165) is 37.2 Å². The van der Waals surface area contributed by atoms with Gasteiger partial charge in [-0.3, -0.25) is 9.69 Å². The highest BCUT2D eigenvalue weighted by atomic mass is 16.3. The van der Waals surface area contributed by atoms with Crippen LogP contribution in [0.2, 0.25) is 0 Å². The molecule has 2 aromatic carbocycles. The summed E-state index contributed by atoms with van der Waals surface area (Å²) in [6.45, 7) is 4.96. The van der Waals surface area contributed by atoms with Gasteiger partial charge >= 0.3 is 0 Å². The topological polar surface area (TPSA) is 33.5 Å². The van der Waals surface area contributed by atoms with Gasteiger partial charge in [-0.25, -0.2) is 0 Å². The normalized spacial score (nSPS) is 10.9. The van der Waals surface area contributed by atoms with Crippen molar-refractivity contribution in [3.63, 3.8) is 0 Å². The zero-order valence-corrected chi connectivity index (χ0v) is 13.8. The average Bonchev–Trinajstić information content (AvgIpc) is 3.11. The second-order valence-corrected chi connectivity index (χ2v) is 5.81. The van der Waals surface area contributed by atoms with E-state index in [1.807, 2.05) is 24.3 Å². The molecule has 0 spiro atoms. The standard InChI is InChI=1S/C21H21NO2/c1-2-22(14-17-7-4-3-5-8-17)15-18-9-6-10-19(13-18)21-12-11-20(16-23)24-21/h3-13,16H,2,14-15H2,1H3. The van der Waals surface area contributed by atoms with E-state index in [-0.39, 0.29) is 0 Å². The maximum absolute atomic E-state index is 10.8. The summed E-state index contributed by atoms with van der Waals surface area (Å²) in [5, 5.41) is 0. The second kappa shape index (κ2) is 7.75. The molecule has 1 heterocycles. The molecule has 0 fully saturated rings. The smallest absolute Gasteiger partial charge is 0.185 e. The predicted octanol–water partition coefficient (Wildman–Crippen LogP) is 4.78. The third kappa shape index (κ3) is 4.00. The maximum atomic E-state index is 10.8. The third-order valence-corrected chi connectivity index (χ3v) is 4.06. The number of rotatable bonds is 7. The van der Waals surface area contributed by atoms with Crippen LogP contribution in [0.3, 0.4) is 0 Å². The Labute approximate surface area is 142 Å². The minimum atomic E-state index is 0.356. The monoisotopic (exact) mass is 319 g/mol. The molecule has 3 aromatic rings. The Balaban J connectivity index is 1.74. The van der Waals surface area contributed by atoms with E-state index < -0.39 is 0 Å². The summed E-state index contributed by atoms with van der Waals surface area (Å²) < 4.78 is 5.52. The first kappa shape index (κ1) is 16.2. The molecule has 0 amide bonds. The van der Waals surface area contributed by atoms with E-state index in [4.69, 9.17) is 4.42 Å². The van der Waals surface area contributed by atoms with Crippen molar-refractivity contribution in [2.75, 3.05) is 6.54 Å². The van der Waals surface area contributed by atoms with Crippen molar-refractivity contribution in [3.8, 4) is 11.3 Å². The maximum Gasteiger partial charge on any atom is 0.185 e. The van der Waals surface area contributed by atoms with Gasteiger partial charge in [0.1, 0.15) is 5.76 Å². The molecule has 0 aliphatic heterocycles. The molecule has 0 N–H and O–H groups in total. The van der Waals surface area contributed by atoms with Gasteiger partial charge in [0.25, 0.3) is 0 Å². The van der Waals surface area contributed by atoms with Crippen LogP contribution in [-0.2, 0) is 13.1 Å². The van der Waals surface area contributed by atoms with Crippen molar-refractivity contribution >= 4 is 6.29 Å². The van der Waals surface area contributed by atoms with Gasteiger partial charge in [0.2, 0.25) is 0 Å². The minimum Gasteiger partial charge on any atom is -0.453 e. The van der Waals surface area contributed by atoms with Gasteiger partial charge in [0, 0.05) is 18.7 Å². The number of benzene rings is 2. The molecule has 1 aromatic heterocycles. The second-order valence-electron chi connectivity index (χ2n) is 5.81. The van der Waals surface area contributed by atoms with Crippen LogP contribution >= 0.6 is 0 Å². The zero-order chi connectivity index (χ0) is 16.8. The summed E-state index contributed by atoms with van der Waals surface area (Å²) in [4.78, 5) is 13.2. The molecule has 122 valence electrons. The lowest BCUT2D eigenvalue weighted by Crippen LogP contribution is -2.22. The Morgan fingerprint density at radius 1 is 0.917 bits per heavy atom. The van der Waals surface area contributed by atoms with E-state index >= 15 is 0 Å². The van der Waals surface area contributed by atoms with Crippen LogP contribution in [-0.4, -0.2) is 17.7 Å². The number of furan rings is 1. The summed E-state index contributed by atoms with van der Waals surface area (Å²) in [7, 11) is 0. The van der Waals surface area contributed by atoms with Crippen LogP contribution in [0, 0.1) is 0 Å². The highest BCUT2D eigenvalue weighted by Gasteiger charge is 2.08. The highest BCUT2D eigenvalue weighted by Crippen LogP contribution is 2.23. The third-order valence-electron chi connectivity index (χ3n) is 4.06. The fourth-order valence-electron chi connectivity index (χ4n) is 2.77. The molecular formula is C21H21NO2. The Bertz CT molecular complexity index is 792. The molecule has 0 atom stereocenters. The molecule has 0 radical (unpaired) electrons. The number of carbonyl (C=O) groups is 1. The molecule has 0 unspecified atom stereocenters. The number of nitrogens with zero attached hydrogens (tertiary/aromatic N) is 1. The van der Waals surface area contributed by atoms with Gasteiger partial charge < -0.3 is 4.42 Å². The number of hydrogen-bond acceptors (Lipinski definition) is 3. The van der Waals surface area contributed by atoms with Crippen LogP contribution < -0.4 is 0 Å². The summed E-state index contributed by atoms with van der Waals surface area (Å²) >= 11 is 0. The van der Waals surface area contributed by atoms with Crippen LogP contribution in [0.25, 0.3) is 11.3 Å². The number of hydrogen-bond donors (Lipinski definition) is 0. The van der Waals surface area contributed by atoms with Crippen LogP contribution in [0.5, 0.6) is 0 Å². The summed E-state index contributed by atoms with van der Waals surface area (Å²) in [5.41, 5.74) is 3.54. The molecule has 0 bridgehead atoms. The molecular weight excluding hydrogens is 298 g/mol. The first-order valence-corrected chi connectivity index (χ1v) is 8.19. The first-order valence-electron chi connectivity index (χ1n) is 8.19. The van der Waals surface area contributed by atoms with Gasteiger partial charge in [-0.2, -0.15) is 0 Å². The lowest BCUT2D eigenvalue weighted by Gasteiger charge is -2.21. The molecule has 3 rings (SSSR count). The van der Waals surface area contributed by atoms with Gasteiger partial charge in [0.05, 0.1) is 0 Å². The fraction of sp³-hybridized carbons (Fsp3) is 0.190. The lowest BCUT2D eigenvalue weighted by atomic mass is 10.1. The minimum absolute atomic E-state index is 0.356. The Kier molecular flexibility index (Phi) is 5.24. The molecule has 0 aliphatic carbocycles. The van der Waals surface area contributed by atoms with Crippen molar-refractivity contribution in [3.05, 3.63) is 83.6 Å². The summed E-state index contributed by atoms with van der Waals surface area (Å²) in [5.74, 6) is 1.08. The van der Waals surface area contributed by atoms with E-state index in [2.05, 4.69) is 48.2 Å². The molecule has 0 saturated carbocycles. The summed E-state index contributed by atoms with van der Waals surface area (Å²) in [6, 6.07) is 22.3. The highest BCUT2D eigenvalue weighted by molar-refractivity contribution is 5.72. The molecule has 0 saturated heterocycles. The largest absolute Gasteiger partial charge is 0.453 e. The summed E-state index contributed by atoms with van der Waals surface area (Å²) in [6.07, 6.45) is 0.728. The quantitative estimate of drug-likeness (QED) is 0.588. The predicted molar refractivity (Wildman–Crippen MR) is 95.8 cm³/mol. The van der Waals surface area contributed by atoms with Crippen molar-refractivity contribution in [2.45, 2.75) is 20.0 Å². The van der Waals surface area contributed by atoms with E-state index in [1.54, 1.807) is 6.07 Å². The molecule has 0 aliphatic rings. The van der Waals surface area contributed by atoms with Crippen molar-refractivity contribution in [2.24, 2.45) is 0 Å². The van der Waals surface area contributed by atoms with Crippen LogP contribution in [0.1, 0.15) is 28.6 Å². The van der Waals surface area contributed by atoms with Crippen molar-refractivity contribution < 1.29 is 9.21 Å². The van der Waals surface area contributed by atoms with Crippen LogP contribution in [0.15, 0.2) is 71.1 Å². The first-order chi connectivity index (χ1) is 11.8. The Morgan fingerprint density at radius 3 is 2.38 bits per heavy atom. The zero-order valence-electron chi connectivity index (χ0n) is 13.8.